The Kier molecular flexibility index (Phi) is 4.61. The molecule has 25 heavy (non-hydrogen) atoms. The minimum absolute atomic E-state index is 0.0231. The van der Waals surface area contributed by atoms with Gasteiger partial charge in [0.25, 0.3) is 0 Å². The Hall–Kier alpha value is -1.36. The van der Waals surface area contributed by atoms with Crippen LogP contribution in [-0.4, -0.2) is 59.5 Å². The predicted molar refractivity (Wildman–Crippen MR) is 94.9 cm³/mol. The Morgan fingerprint density at radius 2 is 1.96 bits per heavy atom. The molecule has 0 aromatic heterocycles. The van der Waals surface area contributed by atoms with Crippen molar-refractivity contribution in [2.75, 3.05) is 19.6 Å². The SMILES string of the molecule is C/C=C(/C)C(=O)O[C@H]1CCN2C[C@H]3C[C@H](CN4C(=O)CCC[C@H]34)[C@@H]2C1. The largest absolute Gasteiger partial charge is 0.459 e. The summed E-state index contributed by atoms with van der Waals surface area (Å²) in [6.07, 6.45) is 7.91. The number of nitrogens with zero attached hydrogens (tertiary/aromatic N) is 2. The molecule has 0 unspecified atom stereocenters. The van der Waals surface area contributed by atoms with Gasteiger partial charge in [0.15, 0.2) is 0 Å². The quantitative estimate of drug-likeness (QED) is 0.569. The van der Waals surface area contributed by atoms with E-state index in [2.05, 4.69) is 9.80 Å². The maximum Gasteiger partial charge on any atom is 0.333 e. The van der Waals surface area contributed by atoms with E-state index in [1.54, 1.807) is 0 Å². The van der Waals surface area contributed by atoms with Crippen molar-refractivity contribution in [2.45, 2.75) is 70.6 Å². The molecule has 5 atom stereocenters. The van der Waals surface area contributed by atoms with Crippen molar-refractivity contribution >= 4 is 11.9 Å². The van der Waals surface area contributed by atoms with E-state index in [9.17, 15) is 9.59 Å². The van der Waals surface area contributed by atoms with Crippen molar-refractivity contribution < 1.29 is 14.3 Å². The van der Waals surface area contributed by atoms with Gasteiger partial charge >= 0.3 is 5.97 Å². The number of piperidine rings is 4. The molecule has 0 spiro atoms. The molecule has 0 aromatic carbocycles. The summed E-state index contributed by atoms with van der Waals surface area (Å²) in [7, 11) is 0. The van der Waals surface area contributed by atoms with E-state index in [0.29, 0.717) is 35.4 Å². The van der Waals surface area contributed by atoms with Crippen LogP contribution in [0, 0.1) is 11.8 Å². The van der Waals surface area contributed by atoms with Crippen LogP contribution in [-0.2, 0) is 14.3 Å². The number of ether oxygens (including phenoxy) is 1. The second kappa shape index (κ2) is 6.75. The summed E-state index contributed by atoms with van der Waals surface area (Å²) < 4.78 is 5.74. The van der Waals surface area contributed by atoms with E-state index in [0.717, 1.165) is 45.3 Å². The zero-order chi connectivity index (χ0) is 17.6. The zero-order valence-corrected chi connectivity index (χ0v) is 15.4. The van der Waals surface area contributed by atoms with Crippen LogP contribution in [0.1, 0.15) is 52.4 Å². The Bertz CT molecular complexity index is 587. The van der Waals surface area contributed by atoms with E-state index in [4.69, 9.17) is 4.74 Å². The van der Waals surface area contributed by atoms with Crippen molar-refractivity contribution in [1.29, 1.82) is 0 Å². The van der Waals surface area contributed by atoms with Crippen LogP contribution in [0.3, 0.4) is 0 Å². The first-order valence-corrected chi connectivity index (χ1v) is 9.94. The second-order valence-electron chi connectivity index (χ2n) is 8.35. The number of carbonyl (C=O) groups excluding carboxylic acids is 2. The number of allylic oxidation sites excluding steroid dienone is 1. The number of rotatable bonds is 2. The van der Waals surface area contributed by atoms with Gasteiger partial charge in [-0.25, -0.2) is 4.79 Å². The van der Waals surface area contributed by atoms with Gasteiger partial charge in [-0.15, -0.1) is 0 Å². The molecule has 0 N–H and O–H groups in total. The maximum atomic E-state index is 12.4. The van der Waals surface area contributed by atoms with Gasteiger partial charge in [0.2, 0.25) is 5.91 Å². The van der Waals surface area contributed by atoms with Gasteiger partial charge in [-0.2, -0.15) is 0 Å². The molecule has 138 valence electrons. The molecule has 0 radical (unpaired) electrons. The maximum absolute atomic E-state index is 12.4. The predicted octanol–water partition coefficient (Wildman–Crippen LogP) is 2.36. The van der Waals surface area contributed by atoms with Crippen molar-refractivity contribution in [3.8, 4) is 0 Å². The Balaban J connectivity index is 1.44. The minimum atomic E-state index is -0.176. The summed E-state index contributed by atoms with van der Waals surface area (Å²) in [5.74, 6) is 1.37. The van der Waals surface area contributed by atoms with Crippen LogP contribution in [0.2, 0.25) is 0 Å². The number of hydrogen-bond acceptors (Lipinski definition) is 4. The van der Waals surface area contributed by atoms with Gasteiger partial charge in [-0.05, 0) is 51.4 Å². The van der Waals surface area contributed by atoms with Crippen LogP contribution in [0.15, 0.2) is 11.6 Å². The standard InChI is InChI=1S/C20H30N2O3/c1-3-13(2)20(24)25-16-7-8-21-11-14-9-15(18(21)10-16)12-22-17(14)5-4-6-19(22)23/h3,14-18H,4-12H2,1-2H3/b13-3-/t14-,15-,16+,17-,18+/m1/s1. The number of fused-ring (bicyclic) bond motifs is 6. The summed E-state index contributed by atoms with van der Waals surface area (Å²) in [5.41, 5.74) is 0.686. The minimum Gasteiger partial charge on any atom is -0.459 e. The third kappa shape index (κ3) is 3.12. The third-order valence-electron chi connectivity index (χ3n) is 6.95. The van der Waals surface area contributed by atoms with Crippen LogP contribution in [0.4, 0.5) is 0 Å². The summed E-state index contributed by atoms with van der Waals surface area (Å²) in [5, 5.41) is 0. The molecule has 1 amide bonds. The Morgan fingerprint density at radius 1 is 1.16 bits per heavy atom. The molecule has 4 heterocycles. The highest BCUT2D eigenvalue weighted by molar-refractivity contribution is 5.87. The fourth-order valence-electron chi connectivity index (χ4n) is 5.52. The first-order chi connectivity index (χ1) is 12.1. The van der Waals surface area contributed by atoms with Gasteiger partial charge < -0.3 is 9.64 Å². The molecule has 4 rings (SSSR count). The normalized spacial score (nSPS) is 38.8. The molecule has 5 heteroatoms. The molecule has 4 aliphatic rings. The highest BCUT2D eigenvalue weighted by Crippen LogP contribution is 2.43. The van der Waals surface area contributed by atoms with E-state index < -0.39 is 0 Å². The lowest BCUT2D eigenvalue weighted by molar-refractivity contribution is -0.156. The molecule has 4 aliphatic heterocycles. The highest BCUT2D eigenvalue weighted by atomic mass is 16.5. The molecule has 0 aliphatic carbocycles. The molecule has 0 aromatic rings. The molecule has 4 fully saturated rings. The lowest BCUT2D eigenvalue weighted by atomic mass is 9.70. The molecule has 2 bridgehead atoms. The van der Waals surface area contributed by atoms with Crippen molar-refractivity contribution in [1.82, 2.24) is 9.80 Å². The van der Waals surface area contributed by atoms with Crippen molar-refractivity contribution in [2.24, 2.45) is 11.8 Å². The van der Waals surface area contributed by atoms with Gasteiger partial charge in [0, 0.05) is 50.1 Å². The van der Waals surface area contributed by atoms with E-state index in [-0.39, 0.29) is 12.1 Å². The van der Waals surface area contributed by atoms with Crippen molar-refractivity contribution in [3.63, 3.8) is 0 Å². The molecule has 4 saturated heterocycles. The number of amides is 1. The monoisotopic (exact) mass is 346 g/mol. The summed E-state index contributed by atoms with van der Waals surface area (Å²) >= 11 is 0. The summed E-state index contributed by atoms with van der Waals surface area (Å²) in [4.78, 5) is 29.3. The summed E-state index contributed by atoms with van der Waals surface area (Å²) in [6.45, 7) is 6.73. The van der Waals surface area contributed by atoms with Gasteiger partial charge in [-0.3, -0.25) is 9.69 Å². The van der Waals surface area contributed by atoms with E-state index >= 15 is 0 Å². The Morgan fingerprint density at radius 3 is 2.76 bits per heavy atom. The number of carbonyl (C=O) groups is 2. The topological polar surface area (TPSA) is 49.9 Å². The van der Waals surface area contributed by atoms with Crippen LogP contribution < -0.4 is 0 Å². The smallest absolute Gasteiger partial charge is 0.333 e. The van der Waals surface area contributed by atoms with Crippen molar-refractivity contribution in [3.05, 3.63) is 11.6 Å². The lowest BCUT2D eigenvalue weighted by Crippen LogP contribution is -2.65. The first kappa shape index (κ1) is 17.1. The van der Waals surface area contributed by atoms with Gasteiger partial charge in [0.05, 0.1) is 0 Å². The molecule has 0 saturated carbocycles. The second-order valence-corrected chi connectivity index (χ2v) is 8.35. The van der Waals surface area contributed by atoms with E-state index in [1.807, 2.05) is 19.9 Å². The summed E-state index contributed by atoms with van der Waals surface area (Å²) in [6, 6.07) is 0.940. The van der Waals surface area contributed by atoms with Gasteiger partial charge in [0.1, 0.15) is 6.10 Å². The van der Waals surface area contributed by atoms with Gasteiger partial charge in [-0.1, -0.05) is 6.08 Å². The average molecular weight is 346 g/mol. The fourth-order valence-corrected chi connectivity index (χ4v) is 5.52. The molecular formula is C20H30N2O3. The van der Waals surface area contributed by atoms with Crippen LogP contribution in [0.25, 0.3) is 0 Å². The third-order valence-corrected chi connectivity index (χ3v) is 6.95. The average Bonchev–Trinajstić information content (AvgIpc) is 2.62. The molecular weight excluding hydrogens is 316 g/mol. The number of esters is 1. The lowest BCUT2D eigenvalue weighted by Gasteiger charge is -2.57. The Labute approximate surface area is 150 Å². The zero-order valence-electron chi connectivity index (χ0n) is 15.4. The number of hydrogen-bond donors (Lipinski definition) is 0. The van der Waals surface area contributed by atoms with Crippen LogP contribution >= 0.6 is 0 Å². The van der Waals surface area contributed by atoms with E-state index in [1.165, 1.54) is 12.8 Å². The fraction of sp³-hybridized carbons (Fsp3) is 0.800. The first-order valence-electron chi connectivity index (χ1n) is 9.94. The van der Waals surface area contributed by atoms with Crippen LogP contribution in [0.5, 0.6) is 0 Å². The highest BCUT2D eigenvalue weighted by Gasteiger charge is 2.49. The molecule has 5 nitrogen and oxygen atoms in total.